The number of anilines is 2. The smallest absolute Gasteiger partial charge is 0.265 e. The van der Waals surface area contributed by atoms with Crippen molar-refractivity contribution in [3.8, 4) is 5.75 Å². The normalized spacial score (nSPS) is 19.6. The molecule has 2 aromatic carbocycles. The van der Waals surface area contributed by atoms with Crippen molar-refractivity contribution in [3.05, 3.63) is 47.2 Å². The molecule has 2 aromatic rings. The second-order valence-corrected chi connectivity index (χ2v) is 10.0. The van der Waals surface area contributed by atoms with Gasteiger partial charge in [0.05, 0.1) is 15.6 Å². The van der Waals surface area contributed by atoms with Crippen LogP contribution in [0.2, 0.25) is 5.02 Å². The number of benzene rings is 2. The highest BCUT2D eigenvalue weighted by Crippen LogP contribution is 2.33. The maximum Gasteiger partial charge on any atom is 0.265 e. The number of halogens is 2. The lowest BCUT2D eigenvalue weighted by Gasteiger charge is -2.31. The molecule has 2 aliphatic rings. The summed E-state index contributed by atoms with van der Waals surface area (Å²) in [5, 5.41) is 5.25. The van der Waals surface area contributed by atoms with Crippen LogP contribution < -0.4 is 15.4 Å². The summed E-state index contributed by atoms with van der Waals surface area (Å²) in [7, 11) is -3.81. The van der Waals surface area contributed by atoms with Gasteiger partial charge in [0.25, 0.3) is 5.91 Å². The summed E-state index contributed by atoms with van der Waals surface area (Å²) >= 11 is 5.74. The Morgan fingerprint density at radius 3 is 2.62 bits per heavy atom. The summed E-state index contributed by atoms with van der Waals surface area (Å²) in [5.74, 6) is -1.17. The van der Waals surface area contributed by atoms with E-state index < -0.39 is 21.9 Å². The highest BCUT2D eigenvalue weighted by molar-refractivity contribution is 7.89. The zero-order chi connectivity index (χ0) is 23.0. The van der Waals surface area contributed by atoms with Gasteiger partial charge in [-0.2, -0.15) is 4.31 Å². The average Bonchev–Trinajstić information content (AvgIpc) is 2.77. The first kappa shape index (κ1) is 22.5. The number of sulfonamides is 1. The summed E-state index contributed by atoms with van der Waals surface area (Å²) in [6, 6.07) is 8.25. The SMILES string of the molecule is C[C@@H]1Oc2ccc(S(=O)(=O)N3CCC(C(=O)Nc4ccc(F)c(Cl)c4)CC3)cc2NC1=O. The molecular formula is C21H21ClFN3O5S. The topological polar surface area (TPSA) is 105 Å². The van der Waals surface area contributed by atoms with Gasteiger partial charge in [0.2, 0.25) is 15.9 Å². The van der Waals surface area contributed by atoms with E-state index in [0.717, 1.165) is 0 Å². The van der Waals surface area contributed by atoms with Crippen LogP contribution in [0, 0.1) is 11.7 Å². The number of amides is 2. The highest BCUT2D eigenvalue weighted by atomic mass is 35.5. The van der Waals surface area contributed by atoms with Gasteiger partial charge in [0, 0.05) is 24.7 Å². The number of nitrogens with zero attached hydrogens (tertiary/aromatic N) is 1. The fourth-order valence-electron chi connectivity index (χ4n) is 3.67. The maximum atomic E-state index is 13.3. The second kappa shape index (κ2) is 8.68. The first-order valence-corrected chi connectivity index (χ1v) is 11.8. The number of carbonyl (C=O) groups is 2. The van der Waals surface area contributed by atoms with Crippen LogP contribution in [0.25, 0.3) is 0 Å². The highest BCUT2D eigenvalue weighted by Gasteiger charge is 2.33. The van der Waals surface area contributed by atoms with E-state index in [4.69, 9.17) is 16.3 Å². The second-order valence-electron chi connectivity index (χ2n) is 7.70. The van der Waals surface area contributed by atoms with Crippen molar-refractivity contribution in [3.63, 3.8) is 0 Å². The van der Waals surface area contributed by atoms with Gasteiger partial charge in [0.15, 0.2) is 6.10 Å². The van der Waals surface area contributed by atoms with E-state index in [1.165, 1.54) is 40.7 Å². The molecule has 4 rings (SSSR count). The van der Waals surface area contributed by atoms with Gasteiger partial charge < -0.3 is 15.4 Å². The van der Waals surface area contributed by atoms with Crippen LogP contribution in [-0.4, -0.2) is 43.7 Å². The van der Waals surface area contributed by atoms with Crippen molar-refractivity contribution in [2.24, 2.45) is 5.92 Å². The Kier molecular flexibility index (Phi) is 6.11. The lowest BCUT2D eigenvalue weighted by atomic mass is 9.97. The molecule has 0 bridgehead atoms. The molecule has 0 aliphatic carbocycles. The first-order valence-electron chi connectivity index (χ1n) is 10.0. The van der Waals surface area contributed by atoms with Crippen molar-refractivity contribution < 1.29 is 27.1 Å². The average molecular weight is 482 g/mol. The van der Waals surface area contributed by atoms with E-state index in [2.05, 4.69) is 10.6 Å². The standard InChI is InChI=1S/C21H21ClFN3O5S/c1-12-20(27)25-18-11-15(3-5-19(18)31-12)32(29,30)26-8-6-13(7-9-26)21(28)24-14-2-4-17(23)16(22)10-14/h2-5,10-13H,6-9H2,1H3,(H,24,28)(H,25,27)/t12-/m0/s1. The molecule has 2 amide bonds. The van der Waals surface area contributed by atoms with Gasteiger partial charge in [-0.1, -0.05) is 11.6 Å². The summed E-state index contributed by atoms with van der Waals surface area (Å²) in [6.07, 6.45) is 0.0194. The summed E-state index contributed by atoms with van der Waals surface area (Å²) in [5.41, 5.74) is 0.686. The predicted octanol–water partition coefficient (Wildman–Crippen LogP) is 3.24. The van der Waals surface area contributed by atoms with Crippen molar-refractivity contribution in [2.45, 2.75) is 30.8 Å². The van der Waals surface area contributed by atoms with Crippen molar-refractivity contribution in [1.82, 2.24) is 4.31 Å². The molecule has 1 saturated heterocycles. The molecule has 2 heterocycles. The lowest BCUT2D eigenvalue weighted by Crippen LogP contribution is -2.41. The van der Waals surface area contributed by atoms with Crippen molar-refractivity contribution >= 4 is 44.8 Å². The lowest BCUT2D eigenvalue weighted by molar-refractivity contribution is -0.123. The van der Waals surface area contributed by atoms with Crippen LogP contribution in [0.1, 0.15) is 19.8 Å². The fraction of sp³-hybridized carbons (Fsp3) is 0.333. The first-order chi connectivity index (χ1) is 15.1. The molecule has 2 N–H and O–H groups in total. The van der Waals surface area contributed by atoms with Crippen molar-refractivity contribution in [1.29, 1.82) is 0 Å². The number of hydrogen-bond donors (Lipinski definition) is 2. The van der Waals surface area contributed by atoms with Gasteiger partial charge in [0.1, 0.15) is 11.6 Å². The van der Waals surface area contributed by atoms with E-state index in [1.807, 2.05) is 0 Å². The van der Waals surface area contributed by atoms with Gasteiger partial charge >= 0.3 is 0 Å². The molecule has 11 heteroatoms. The zero-order valence-corrected chi connectivity index (χ0v) is 18.7. The van der Waals surface area contributed by atoms with Gasteiger partial charge in [-0.25, -0.2) is 12.8 Å². The number of piperidine rings is 1. The molecular weight excluding hydrogens is 461 g/mol. The Morgan fingerprint density at radius 1 is 1.22 bits per heavy atom. The van der Waals surface area contributed by atoms with E-state index in [9.17, 15) is 22.4 Å². The monoisotopic (exact) mass is 481 g/mol. The van der Waals surface area contributed by atoms with Crippen LogP contribution in [0.4, 0.5) is 15.8 Å². The van der Waals surface area contributed by atoms with E-state index >= 15 is 0 Å². The van der Waals surface area contributed by atoms with E-state index in [0.29, 0.717) is 30.0 Å². The molecule has 32 heavy (non-hydrogen) atoms. The molecule has 0 radical (unpaired) electrons. The number of carbonyl (C=O) groups excluding carboxylic acids is 2. The third kappa shape index (κ3) is 4.43. The number of ether oxygens (including phenoxy) is 1. The Morgan fingerprint density at radius 2 is 1.94 bits per heavy atom. The number of hydrogen-bond acceptors (Lipinski definition) is 5. The Bertz CT molecular complexity index is 1180. The third-order valence-corrected chi connectivity index (χ3v) is 7.72. The molecule has 170 valence electrons. The number of fused-ring (bicyclic) bond motifs is 1. The molecule has 2 aliphatic heterocycles. The maximum absolute atomic E-state index is 13.3. The Hall–Kier alpha value is -2.69. The van der Waals surface area contributed by atoms with Gasteiger partial charge in [-0.15, -0.1) is 0 Å². The minimum atomic E-state index is -3.81. The molecule has 0 aromatic heterocycles. The van der Waals surface area contributed by atoms with Crippen LogP contribution in [0.15, 0.2) is 41.3 Å². The number of nitrogens with one attached hydrogen (secondary N) is 2. The van der Waals surface area contributed by atoms with E-state index in [-0.39, 0.29) is 40.7 Å². The van der Waals surface area contributed by atoms with Crippen molar-refractivity contribution in [2.75, 3.05) is 23.7 Å². The minimum Gasteiger partial charge on any atom is -0.479 e. The summed E-state index contributed by atoms with van der Waals surface area (Å²) < 4.78 is 46.2. The van der Waals surface area contributed by atoms with Crippen LogP contribution in [0.3, 0.4) is 0 Å². The number of rotatable bonds is 4. The van der Waals surface area contributed by atoms with Gasteiger partial charge in [-0.05, 0) is 56.2 Å². The quantitative estimate of drug-likeness (QED) is 0.697. The van der Waals surface area contributed by atoms with Crippen LogP contribution in [0.5, 0.6) is 5.75 Å². The molecule has 0 unspecified atom stereocenters. The Labute approximate surface area is 189 Å². The fourth-order valence-corrected chi connectivity index (χ4v) is 5.35. The molecule has 1 atom stereocenters. The van der Waals surface area contributed by atoms with Crippen LogP contribution >= 0.6 is 11.6 Å². The summed E-state index contributed by atoms with van der Waals surface area (Å²) in [6.45, 7) is 1.94. The summed E-state index contributed by atoms with van der Waals surface area (Å²) in [4.78, 5) is 24.4. The molecule has 8 nitrogen and oxygen atoms in total. The predicted molar refractivity (Wildman–Crippen MR) is 117 cm³/mol. The minimum absolute atomic E-state index is 0.0403. The molecule has 1 fully saturated rings. The van der Waals surface area contributed by atoms with Gasteiger partial charge in [-0.3, -0.25) is 9.59 Å². The largest absolute Gasteiger partial charge is 0.479 e. The molecule has 0 saturated carbocycles. The zero-order valence-electron chi connectivity index (χ0n) is 17.1. The van der Waals surface area contributed by atoms with Crippen LogP contribution in [-0.2, 0) is 19.6 Å². The molecule has 0 spiro atoms. The Balaban J connectivity index is 1.41. The third-order valence-electron chi connectivity index (χ3n) is 5.53. The van der Waals surface area contributed by atoms with E-state index in [1.54, 1.807) is 6.92 Å².